The summed E-state index contributed by atoms with van der Waals surface area (Å²) in [7, 11) is 0. The molecule has 0 amide bonds. The Labute approximate surface area is 61.0 Å². The number of nitrogens with two attached hydrogens (primary N) is 1. The zero-order valence-electron chi connectivity index (χ0n) is 4.17. The summed E-state index contributed by atoms with van der Waals surface area (Å²) in [5.74, 6) is 0.0941. The highest BCUT2D eigenvalue weighted by Crippen LogP contribution is 2.11. The molecule has 48 valence electrons. The second-order valence-corrected chi connectivity index (χ2v) is 1.95. The maximum absolute atomic E-state index is 5.36. The van der Waals surface area contributed by atoms with E-state index in [1.807, 2.05) is 0 Å². The molecule has 0 saturated carbocycles. The van der Waals surface area contributed by atoms with Crippen LogP contribution in [0.25, 0.3) is 0 Å². The Balaban J connectivity index is 3.17. The molecule has 0 atom stereocenters. The van der Waals surface area contributed by atoms with E-state index in [0.717, 1.165) is 0 Å². The van der Waals surface area contributed by atoms with Crippen molar-refractivity contribution < 1.29 is 0 Å². The number of aromatic nitrogens is 3. The number of nitrogens with zero attached hydrogens (tertiary/aromatic N) is 3. The third kappa shape index (κ3) is 1.40. The lowest BCUT2D eigenvalue weighted by Crippen LogP contribution is -1.96. The number of hydrogen-bond acceptors (Lipinski definition) is 4. The molecule has 9 heavy (non-hydrogen) atoms. The molecule has 1 rings (SSSR count). The summed E-state index contributed by atoms with van der Waals surface area (Å²) in [5, 5.41) is 6.77. The standard InChI is InChI=1S/C3H2Cl2N4/c4-1-2(6)7-3(5)9-8-1/h(H2,6,7,9). The van der Waals surface area contributed by atoms with Gasteiger partial charge in [-0.2, -0.15) is 4.98 Å². The molecule has 0 spiro atoms. The maximum Gasteiger partial charge on any atom is 0.245 e. The minimum Gasteiger partial charge on any atom is -0.381 e. The van der Waals surface area contributed by atoms with Crippen LogP contribution in [-0.4, -0.2) is 15.2 Å². The Morgan fingerprint density at radius 2 is 1.89 bits per heavy atom. The number of anilines is 1. The van der Waals surface area contributed by atoms with Crippen molar-refractivity contribution in [2.75, 3.05) is 5.73 Å². The minimum absolute atomic E-state index is 0.00287. The first-order valence-corrected chi connectivity index (χ1v) is 2.77. The van der Waals surface area contributed by atoms with E-state index in [0.29, 0.717) is 0 Å². The van der Waals surface area contributed by atoms with Crippen LogP contribution in [0.15, 0.2) is 0 Å². The molecular weight excluding hydrogens is 163 g/mol. The van der Waals surface area contributed by atoms with Crippen molar-refractivity contribution in [1.29, 1.82) is 0 Å². The third-order valence-electron chi connectivity index (χ3n) is 0.644. The molecule has 0 unspecified atom stereocenters. The van der Waals surface area contributed by atoms with Crippen molar-refractivity contribution in [3.05, 3.63) is 10.4 Å². The van der Waals surface area contributed by atoms with Crippen LogP contribution in [0.3, 0.4) is 0 Å². The molecule has 1 aromatic heterocycles. The van der Waals surface area contributed by atoms with Gasteiger partial charge in [-0.25, -0.2) is 0 Å². The Bertz CT molecular complexity index is 225. The quantitative estimate of drug-likeness (QED) is 0.616. The van der Waals surface area contributed by atoms with Gasteiger partial charge in [-0.3, -0.25) is 0 Å². The summed E-state index contributed by atoms with van der Waals surface area (Å²) in [6, 6.07) is 0. The normalized spacial score (nSPS) is 9.56. The Kier molecular flexibility index (Phi) is 1.68. The predicted molar refractivity (Wildman–Crippen MR) is 34.3 cm³/mol. The fourth-order valence-corrected chi connectivity index (χ4v) is 0.513. The number of halogens is 2. The molecular formula is C3H2Cl2N4. The van der Waals surface area contributed by atoms with Crippen LogP contribution in [0.5, 0.6) is 0 Å². The first kappa shape index (κ1) is 6.51. The molecule has 0 radical (unpaired) electrons. The fraction of sp³-hybridized carbons (Fsp3) is 0. The molecule has 1 aromatic rings. The molecule has 1 heterocycles. The summed E-state index contributed by atoms with van der Waals surface area (Å²) < 4.78 is 0. The van der Waals surface area contributed by atoms with Crippen LogP contribution in [0, 0.1) is 0 Å². The van der Waals surface area contributed by atoms with Gasteiger partial charge in [0.05, 0.1) is 0 Å². The molecule has 0 aromatic carbocycles. The van der Waals surface area contributed by atoms with E-state index in [1.54, 1.807) is 0 Å². The van der Waals surface area contributed by atoms with E-state index in [2.05, 4.69) is 15.2 Å². The smallest absolute Gasteiger partial charge is 0.245 e. The van der Waals surface area contributed by atoms with Crippen molar-refractivity contribution in [3.8, 4) is 0 Å². The van der Waals surface area contributed by atoms with Gasteiger partial charge in [0, 0.05) is 0 Å². The van der Waals surface area contributed by atoms with Crippen molar-refractivity contribution in [2.24, 2.45) is 0 Å². The molecule has 0 aliphatic rings. The van der Waals surface area contributed by atoms with Crippen molar-refractivity contribution in [2.45, 2.75) is 0 Å². The summed E-state index contributed by atoms with van der Waals surface area (Å²) >= 11 is 10.7. The van der Waals surface area contributed by atoms with Gasteiger partial charge in [-0.05, 0) is 11.6 Å². The summed E-state index contributed by atoms with van der Waals surface area (Å²) in [6.45, 7) is 0. The van der Waals surface area contributed by atoms with Gasteiger partial charge in [0.1, 0.15) is 0 Å². The van der Waals surface area contributed by atoms with Gasteiger partial charge in [-0.1, -0.05) is 11.6 Å². The Hall–Kier alpha value is -0.610. The molecule has 0 aliphatic carbocycles. The van der Waals surface area contributed by atoms with Crippen LogP contribution < -0.4 is 5.73 Å². The monoisotopic (exact) mass is 164 g/mol. The second kappa shape index (κ2) is 2.33. The van der Waals surface area contributed by atoms with Gasteiger partial charge in [0.2, 0.25) is 5.28 Å². The lowest BCUT2D eigenvalue weighted by atomic mass is 10.8. The topological polar surface area (TPSA) is 64.7 Å². The minimum atomic E-state index is -0.00287. The van der Waals surface area contributed by atoms with Crippen LogP contribution in [-0.2, 0) is 0 Å². The second-order valence-electron chi connectivity index (χ2n) is 1.26. The molecule has 0 fully saturated rings. The summed E-state index contributed by atoms with van der Waals surface area (Å²) in [6.07, 6.45) is 0. The van der Waals surface area contributed by atoms with Crippen LogP contribution in [0.1, 0.15) is 0 Å². The molecule has 6 heteroatoms. The molecule has 0 bridgehead atoms. The van der Waals surface area contributed by atoms with E-state index in [1.165, 1.54) is 0 Å². The summed E-state index contributed by atoms with van der Waals surface area (Å²) in [4.78, 5) is 3.51. The van der Waals surface area contributed by atoms with Gasteiger partial charge in [0.25, 0.3) is 0 Å². The average molecular weight is 165 g/mol. The molecule has 4 nitrogen and oxygen atoms in total. The average Bonchev–Trinajstić information content (AvgIpc) is 1.80. The van der Waals surface area contributed by atoms with Crippen molar-refractivity contribution >= 4 is 29.0 Å². The highest BCUT2D eigenvalue weighted by molar-refractivity contribution is 6.32. The van der Waals surface area contributed by atoms with Gasteiger partial charge in [-0.15, -0.1) is 10.2 Å². The lowest BCUT2D eigenvalue weighted by Gasteiger charge is -1.91. The maximum atomic E-state index is 5.36. The lowest BCUT2D eigenvalue weighted by molar-refractivity contribution is 0.978. The van der Waals surface area contributed by atoms with E-state index >= 15 is 0 Å². The molecule has 0 saturated heterocycles. The van der Waals surface area contributed by atoms with Crippen molar-refractivity contribution in [3.63, 3.8) is 0 Å². The van der Waals surface area contributed by atoms with E-state index < -0.39 is 0 Å². The predicted octanol–water partition coefficient (Wildman–Crippen LogP) is 0.761. The summed E-state index contributed by atoms with van der Waals surface area (Å²) in [5.41, 5.74) is 5.19. The van der Waals surface area contributed by atoms with Gasteiger partial charge < -0.3 is 5.73 Å². The largest absolute Gasteiger partial charge is 0.381 e. The van der Waals surface area contributed by atoms with E-state index in [4.69, 9.17) is 28.9 Å². The van der Waals surface area contributed by atoms with E-state index in [9.17, 15) is 0 Å². The van der Waals surface area contributed by atoms with Crippen LogP contribution in [0.4, 0.5) is 5.82 Å². The zero-order chi connectivity index (χ0) is 6.85. The van der Waals surface area contributed by atoms with Crippen molar-refractivity contribution in [1.82, 2.24) is 15.2 Å². The molecule has 2 N–H and O–H groups in total. The zero-order valence-corrected chi connectivity index (χ0v) is 5.69. The number of nitrogen functional groups attached to an aromatic ring is 1. The number of rotatable bonds is 0. The molecule has 0 aliphatic heterocycles. The van der Waals surface area contributed by atoms with E-state index in [-0.39, 0.29) is 16.3 Å². The highest BCUT2D eigenvalue weighted by atomic mass is 35.5. The van der Waals surface area contributed by atoms with Crippen LogP contribution in [0.2, 0.25) is 10.4 Å². The first-order valence-electron chi connectivity index (χ1n) is 2.01. The number of hydrogen-bond donors (Lipinski definition) is 1. The SMILES string of the molecule is Nc1nc(Cl)nnc1Cl. The fourth-order valence-electron chi connectivity index (χ4n) is 0.304. The van der Waals surface area contributed by atoms with Crippen LogP contribution >= 0.6 is 23.2 Å². The van der Waals surface area contributed by atoms with Gasteiger partial charge in [0.15, 0.2) is 11.0 Å². The third-order valence-corrected chi connectivity index (χ3v) is 1.07. The van der Waals surface area contributed by atoms with Gasteiger partial charge >= 0.3 is 0 Å². The Morgan fingerprint density at radius 3 is 2.33 bits per heavy atom. The highest BCUT2D eigenvalue weighted by Gasteiger charge is 1.98. The Morgan fingerprint density at radius 1 is 1.22 bits per heavy atom. The first-order chi connectivity index (χ1) is 4.20.